The molecule has 1 N–H and O–H groups in total. The molecule has 0 spiro atoms. The van der Waals surface area contributed by atoms with Gasteiger partial charge in [0, 0.05) is 17.0 Å². The molecule has 5 nitrogen and oxygen atoms in total. The highest BCUT2D eigenvalue weighted by Gasteiger charge is 2.29. The van der Waals surface area contributed by atoms with E-state index in [1.54, 1.807) is 24.3 Å². The smallest absolute Gasteiger partial charge is 0.245 e. The largest absolute Gasteiger partial charge is 0.446 e. The molecule has 0 bridgehead atoms. The lowest BCUT2D eigenvalue weighted by Crippen LogP contribution is -2.31. The van der Waals surface area contributed by atoms with E-state index in [0.717, 1.165) is 4.90 Å². The van der Waals surface area contributed by atoms with E-state index in [0.29, 0.717) is 10.1 Å². The zero-order valence-electron chi connectivity index (χ0n) is 11.5. The number of nitriles is 1. The molecule has 0 radical (unpaired) electrons. The molecule has 0 aliphatic rings. The predicted molar refractivity (Wildman–Crippen MR) is 81.8 cm³/mol. The van der Waals surface area contributed by atoms with Crippen molar-refractivity contribution in [2.24, 2.45) is 5.92 Å². The van der Waals surface area contributed by atoms with Crippen molar-refractivity contribution >= 4 is 35.1 Å². The highest BCUT2D eigenvalue weighted by atomic mass is 35.5. The number of carbonyl (C=O) groups is 2. The normalized spacial score (nSPS) is 11.5. The van der Waals surface area contributed by atoms with Gasteiger partial charge in [0.15, 0.2) is 16.8 Å². The molecule has 0 unspecified atom stereocenters. The first-order valence-corrected chi connectivity index (χ1v) is 7.43. The Labute approximate surface area is 136 Å². The topological polar surface area (TPSA) is 83.1 Å². The Balaban J connectivity index is 2.14. The number of nitrogens with zero attached hydrogens (tertiary/aromatic N) is 1. The summed E-state index contributed by atoms with van der Waals surface area (Å²) in [6, 6.07) is 11.9. The van der Waals surface area contributed by atoms with Crippen molar-refractivity contribution in [3.8, 4) is 6.07 Å². The van der Waals surface area contributed by atoms with Crippen LogP contribution >= 0.6 is 23.4 Å². The van der Waals surface area contributed by atoms with E-state index in [1.807, 2.05) is 12.1 Å². The predicted octanol–water partition coefficient (Wildman–Crippen LogP) is 3.15. The Morgan fingerprint density at radius 1 is 1.27 bits per heavy atom. The van der Waals surface area contributed by atoms with Crippen LogP contribution in [0.15, 0.2) is 50.8 Å². The standard InChI is InChI=1S/C15H11ClN2O3S/c1-18-15(20)11(8-17)14(19)12-6-7-13(21-12)22-10-4-2-9(16)3-5-10/h2-7,11H,1H3,(H,18,20)/t11-/m1/s1. The summed E-state index contributed by atoms with van der Waals surface area (Å²) in [4.78, 5) is 24.4. The maximum Gasteiger partial charge on any atom is 0.245 e. The number of carbonyl (C=O) groups excluding carboxylic acids is 2. The van der Waals surface area contributed by atoms with Crippen molar-refractivity contribution in [1.29, 1.82) is 5.26 Å². The molecule has 2 aromatic rings. The Morgan fingerprint density at radius 2 is 1.95 bits per heavy atom. The number of rotatable bonds is 5. The Kier molecular flexibility index (Phi) is 5.26. The van der Waals surface area contributed by atoms with E-state index in [-0.39, 0.29) is 5.76 Å². The lowest BCUT2D eigenvalue weighted by molar-refractivity contribution is -0.121. The lowest BCUT2D eigenvalue weighted by Gasteiger charge is -2.04. The van der Waals surface area contributed by atoms with Crippen LogP contribution in [0, 0.1) is 17.2 Å². The quantitative estimate of drug-likeness (QED) is 0.670. The SMILES string of the molecule is CNC(=O)[C@H](C#N)C(=O)c1ccc(Sc2ccc(Cl)cc2)o1. The van der Waals surface area contributed by atoms with Crippen molar-refractivity contribution < 1.29 is 14.0 Å². The summed E-state index contributed by atoms with van der Waals surface area (Å²) in [6.45, 7) is 0. The van der Waals surface area contributed by atoms with E-state index in [2.05, 4.69) is 5.32 Å². The number of hydrogen-bond donors (Lipinski definition) is 1. The van der Waals surface area contributed by atoms with Gasteiger partial charge in [0.2, 0.25) is 11.7 Å². The molecule has 7 heteroatoms. The number of ketones is 1. The highest BCUT2D eigenvalue weighted by Crippen LogP contribution is 2.30. The van der Waals surface area contributed by atoms with Gasteiger partial charge in [0.1, 0.15) is 0 Å². The Bertz CT molecular complexity index is 734. The minimum absolute atomic E-state index is 0.0217. The highest BCUT2D eigenvalue weighted by molar-refractivity contribution is 7.99. The molecular formula is C15H11ClN2O3S. The van der Waals surface area contributed by atoms with Gasteiger partial charge in [-0.05, 0) is 36.4 Å². The number of furan rings is 1. The summed E-state index contributed by atoms with van der Waals surface area (Å²) in [5.74, 6) is -2.75. The second-order valence-electron chi connectivity index (χ2n) is 4.22. The molecule has 1 amide bonds. The summed E-state index contributed by atoms with van der Waals surface area (Å²) in [5.41, 5.74) is 0. The lowest BCUT2D eigenvalue weighted by atomic mass is 10.0. The third-order valence-corrected chi connectivity index (χ3v) is 3.94. The van der Waals surface area contributed by atoms with Crippen molar-refractivity contribution in [3.05, 3.63) is 47.2 Å². The zero-order chi connectivity index (χ0) is 16.1. The average Bonchev–Trinajstić information content (AvgIpc) is 2.98. The number of hydrogen-bond acceptors (Lipinski definition) is 5. The minimum Gasteiger partial charge on any atom is -0.446 e. The fraction of sp³-hybridized carbons (Fsp3) is 0.133. The molecule has 112 valence electrons. The maximum absolute atomic E-state index is 12.1. The monoisotopic (exact) mass is 334 g/mol. The summed E-state index contributed by atoms with van der Waals surface area (Å²) in [7, 11) is 1.36. The van der Waals surface area contributed by atoms with Gasteiger partial charge in [-0.15, -0.1) is 0 Å². The summed E-state index contributed by atoms with van der Waals surface area (Å²) in [5, 5.41) is 12.3. The molecule has 1 aromatic heterocycles. The van der Waals surface area contributed by atoms with Gasteiger partial charge < -0.3 is 9.73 Å². The van der Waals surface area contributed by atoms with Crippen LogP contribution < -0.4 is 5.32 Å². The van der Waals surface area contributed by atoms with Crippen molar-refractivity contribution in [3.63, 3.8) is 0 Å². The first kappa shape index (κ1) is 16.1. The van der Waals surface area contributed by atoms with E-state index < -0.39 is 17.6 Å². The molecule has 0 aliphatic carbocycles. The van der Waals surface area contributed by atoms with Crippen molar-refractivity contribution in [1.82, 2.24) is 5.32 Å². The Morgan fingerprint density at radius 3 is 2.55 bits per heavy atom. The molecule has 1 heterocycles. The van der Waals surface area contributed by atoms with Gasteiger partial charge in [-0.1, -0.05) is 23.4 Å². The fourth-order valence-electron chi connectivity index (χ4n) is 1.65. The number of nitrogens with one attached hydrogen (secondary N) is 1. The fourth-order valence-corrected chi connectivity index (χ4v) is 2.55. The Hall–Kier alpha value is -2.23. The van der Waals surface area contributed by atoms with Crippen LogP contribution in [0.1, 0.15) is 10.6 Å². The van der Waals surface area contributed by atoms with Gasteiger partial charge >= 0.3 is 0 Å². The number of Topliss-reactive ketones (excluding diaryl/α,β-unsaturated/α-hetero) is 1. The molecule has 22 heavy (non-hydrogen) atoms. The third kappa shape index (κ3) is 3.70. The molecule has 0 saturated carbocycles. The van der Waals surface area contributed by atoms with Crippen LogP contribution in [0.2, 0.25) is 5.02 Å². The first-order chi connectivity index (χ1) is 10.5. The molecule has 0 fully saturated rings. The number of halogens is 1. The zero-order valence-corrected chi connectivity index (χ0v) is 13.1. The van der Waals surface area contributed by atoms with Crippen LogP contribution in [0.5, 0.6) is 0 Å². The van der Waals surface area contributed by atoms with E-state index in [9.17, 15) is 9.59 Å². The van der Waals surface area contributed by atoms with Gasteiger partial charge in [0.05, 0.1) is 6.07 Å². The van der Waals surface area contributed by atoms with Crippen LogP contribution in [-0.4, -0.2) is 18.7 Å². The van der Waals surface area contributed by atoms with Gasteiger partial charge in [-0.2, -0.15) is 5.26 Å². The first-order valence-electron chi connectivity index (χ1n) is 6.24. The van der Waals surface area contributed by atoms with Crippen LogP contribution in [0.3, 0.4) is 0 Å². The summed E-state index contributed by atoms with van der Waals surface area (Å²) >= 11 is 7.12. The molecule has 2 rings (SSSR count). The van der Waals surface area contributed by atoms with Gasteiger partial charge in [0.25, 0.3) is 0 Å². The second kappa shape index (κ2) is 7.16. The van der Waals surface area contributed by atoms with E-state index in [4.69, 9.17) is 21.3 Å². The third-order valence-electron chi connectivity index (χ3n) is 2.76. The van der Waals surface area contributed by atoms with E-state index in [1.165, 1.54) is 24.9 Å². The van der Waals surface area contributed by atoms with Crippen molar-refractivity contribution in [2.45, 2.75) is 9.99 Å². The summed E-state index contributed by atoms with van der Waals surface area (Å²) < 4.78 is 5.41. The molecular weight excluding hydrogens is 324 g/mol. The van der Waals surface area contributed by atoms with Crippen LogP contribution in [0.25, 0.3) is 0 Å². The van der Waals surface area contributed by atoms with Crippen LogP contribution in [-0.2, 0) is 4.79 Å². The van der Waals surface area contributed by atoms with Gasteiger partial charge in [-0.25, -0.2) is 0 Å². The second-order valence-corrected chi connectivity index (χ2v) is 5.73. The number of amides is 1. The molecule has 1 atom stereocenters. The minimum atomic E-state index is -1.41. The average molecular weight is 335 g/mol. The number of benzene rings is 1. The van der Waals surface area contributed by atoms with Gasteiger partial charge in [-0.3, -0.25) is 9.59 Å². The van der Waals surface area contributed by atoms with Crippen LogP contribution in [0.4, 0.5) is 0 Å². The van der Waals surface area contributed by atoms with E-state index >= 15 is 0 Å². The maximum atomic E-state index is 12.1. The molecule has 0 saturated heterocycles. The molecule has 1 aromatic carbocycles. The molecule has 0 aliphatic heterocycles. The van der Waals surface area contributed by atoms with Crippen molar-refractivity contribution in [2.75, 3.05) is 7.05 Å². The summed E-state index contributed by atoms with van der Waals surface area (Å²) in [6.07, 6.45) is 0.